The summed E-state index contributed by atoms with van der Waals surface area (Å²) in [6, 6.07) is 14.0. The number of H-pyrrole nitrogens is 1. The Morgan fingerprint density at radius 3 is 2.53 bits per heavy atom. The lowest BCUT2D eigenvalue weighted by Crippen LogP contribution is -2.30. The third-order valence-electron chi connectivity index (χ3n) is 4.52. The van der Waals surface area contributed by atoms with Gasteiger partial charge in [0.2, 0.25) is 14.8 Å². The minimum atomic E-state index is -3.59. The molecule has 0 fully saturated rings. The van der Waals surface area contributed by atoms with E-state index in [0.717, 1.165) is 11.3 Å². The average Bonchev–Trinajstić information content (AvgIpc) is 3.13. The summed E-state index contributed by atoms with van der Waals surface area (Å²) < 4.78 is 34.0. The molecule has 0 aliphatic carbocycles. The Kier molecular flexibility index (Phi) is 6.80. The Morgan fingerprint density at radius 2 is 1.90 bits per heavy atom. The lowest BCUT2D eigenvalue weighted by Gasteiger charge is -2.18. The van der Waals surface area contributed by atoms with Crippen molar-refractivity contribution in [3.63, 3.8) is 0 Å². The lowest BCUT2D eigenvalue weighted by atomic mass is 10.2. The molecule has 8 nitrogen and oxygen atoms in total. The Balaban J connectivity index is 1.98. The van der Waals surface area contributed by atoms with Gasteiger partial charge in [-0.1, -0.05) is 26.0 Å². The third kappa shape index (κ3) is 4.50. The van der Waals surface area contributed by atoms with Gasteiger partial charge in [-0.2, -0.15) is 19.2 Å². The van der Waals surface area contributed by atoms with Gasteiger partial charge in [-0.25, -0.2) is 13.5 Å². The van der Waals surface area contributed by atoms with E-state index >= 15 is 0 Å². The highest BCUT2D eigenvalue weighted by Crippen LogP contribution is 2.23. The number of sulfonamides is 1. The average molecular weight is 446 g/mol. The van der Waals surface area contributed by atoms with Gasteiger partial charge < -0.3 is 4.74 Å². The maximum Gasteiger partial charge on any atom is 0.243 e. The van der Waals surface area contributed by atoms with Crippen LogP contribution in [-0.2, 0) is 10.0 Å². The fourth-order valence-corrected chi connectivity index (χ4v) is 4.59. The fourth-order valence-electron chi connectivity index (χ4n) is 2.91. The van der Waals surface area contributed by atoms with Crippen LogP contribution in [0.5, 0.6) is 5.75 Å². The SMILES string of the molecule is CCN(CC)S(=O)(=O)c1cccc(-c2n[nH]c(=S)n2/N=C\c2ccc(OC)cc2)c1. The fraction of sp³-hybridized carbons (Fsp3) is 0.250. The number of aromatic nitrogens is 3. The van der Waals surface area contributed by atoms with Gasteiger partial charge in [0.05, 0.1) is 18.2 Å². The molecule has 10 heteroatoms. The number of nitrogens with one attached hydrogen (secondary N) is 1. The molecule has 0 aliphatic rings. The molecular formula is C20H23N5O3S2. The predicted octanol–water partition coefficient (Wildman–Crippen LogP) is 3.53. The van der Waals surface area contributed by atoms with Gasteiger partial charge in [-0.05, 0) is 54.2 Å². The molecule has 3 rings (SSSR count). The van der Waals surface area contributed by atoms with Gasteiger partial charge in [0.15, 0.2) is 5.82 Å². The molecular weight excluding hydrogens is 422 g/mol. The van der Waals surface area contributed by atoms with Crippen molar-refractivity contribution in [1.82, 2.24) is 19.2 Å². The Hall–Kier alpha value is -2.82. The minimum Gasteiger partial charge on any atom is -0.497 e. The summed E-state index contributed by atoms with van der Waals surface area (Å²) in [6.07, 6.45) is 1.64. The zero-order chi connectivity index (χ0) is 21.7. The molecule has 1 N–H and O–H groups in total. The first-order chi connectivity index (χ1) is 14.4. The highest BCUT2D eigenvalue weighted by atomic mass is 32.2. The standard InChI is InChI=1S/C20H23N5O3S2/c1-4-24(5-2)30(26,27)18-8-6-7-16(13-18)19-22-23-20(29)25(19)21-14-15-9-11-17(28-3)12-10-15/h6-14H,4-5H2,1-3H3,(H,23,29)/b21-14-. The molecule has 0 saturated heterocycles. The van der Waals surface area contributed by atoms with Crippen molar-refractivity contribution in [2.75, 3.05) is 20.2 Å². The Labute approximate surface area is 180 Å². The van der Waals surface area contributed by atoms with E-state index in [0.29, 0.717) is 29.2 Å². The zero-order valence-electron chi connectivity index (χ0n) is 16.9. The van der Waals surface area contributed by atoms with Crippen LogP contribution in [-0.4, -0.2) is 54.0 Å². The van der Waals surface area contributed by atoms with Crippen molar-refractivity contribution in [3.8, 4) is 17.1 Å². The molecule has 3 aromatic rings. The number of ether oxygens (including phenoxy) is 1. The van der Waals surface area contributed by atoms with E-state index < -0.39 is 10.0 Å². The topological polar surface area (TPSA) is 92.6 Å². The van der Waals surface area contributed by atoms with E-state index in [2.05, 4.69) is 15.3 Å². The maximum absolute atomic E-state index is 12.9. The number of hydrogen-bond acceptors (Lipinski definition) is 6. The van der Waals surface area contributed by atoms with Crippen LogP contribution in [0.1, 0.15) is 19.4 Å². The van der Waals surface area contributed by atoms with Gasteiger partial charge in [0, 0.05) is 18.7 Å². The normalized spacial score (nSPS) is 12.0. The molecule has 0 bridgehead atoms. The highest BCUT2D eigenvalue weighted by molar-refractivity contribution is 7.89. The van der Waals surface area contributed by atoms with E-state index in [4.69, 9.17) is 17.0 Å². The molecule has 2 aromatic carbocycles. The summed E-state index contributed by atoms with van der Waals surface area (Å²) in [5, 5.41) is 11.4. The van der Waals surface area contributed by atoms with E-state index in [1.54, 1.807) is 37.6 Å². The number of methoxy groups -OCH3 is 1. The second-order valence-electron chi connectivity index (χ2n) is 6.30. The van der Waals surface area contributed by atoms with Crippen LogP contribution >= 0.6 is 12.2 Å². The molecule has 0 aliphatic heterocycles. The summed E-state index contributed by atoms with van der Waals surface area (Å²) in [6.45, 7) is 4.41. The summed E-state index contributed by atoms with van der Waals surface area (Å²) in [5.74, 6) is 1.17. The molecule has 0 radical (unpaired) electrons. The Bertz CT molecular complexity index is 1190. The van der Waals surface area contributed by atoms with E-state index in [9.17, 15) is 8.42 Å². The zero-order valence-corrected chi connectivity index (χ0v) is 18.6. The Morgan fingerprint density at radius 1 is 1.20 bits per heavy atom. The smallest absolute Gasteiger partial charge is 0.243 e. The van der Waals surface area contributed by atoms with Crippen LogP contribution in [0.2, 0.25) is 0 Å². The van der Waals surface area contributed by atoms with Gasteiger partial charge in [0.25, 0.3) is 0 Å². The number of rotatable bonds is 8. The predicted molar refractivity (Wildman–Crippen MR) is 119 cm³/mol. The van der Waals surface area contributed by atoms with Crippen LogP contribution in [0.15, 0.2) is 58.5 Å². The molecule has 0 unspecified atom stereocenters. The number of nitrogens with zero attached hydrogens (tertiary/aromatic N) is 4. The highest BCUT2D eigenvalue weighted by Gasteiger charge is 2.22. The van der Waals surface area contributed by atoms with Gasteiger partial charge >= 0.3 is 0 Å². The molecule has 0 saturated carbocycles. The quantitative estimate of drug-likeness (QED) is 0.423. The molecule has 1 heterocycles. The second kappa shape index (κ2) is 9.33. The first-order valence-corrected chi connectivity index (χ1v) is 11.2. The van der Waals surface area contributed by atoms with Gasteiger partial charge in [-0.15, -0.1) is 0 Å². The number of aromatic amines is 1. The van der Waals surface area contributed by atoms with Crippen molar-refractivity contribution in [2.45, 2.75) is 18.7 Å². The van der Waals surface area contributed by atoms with Gasteiger partial charge in [-0.3, -0.25) is 0 Å². The monoisotopic (exact) mass is 445 g/mol. The number of hydrogen-bond donors (Lipinski definition) is 1. The molecule has 158 valence electrons. The summed E-state index contributed by atoms with van der Waals surface area (Å²) >= 11 is 5.30. The third-order valence-corrected chi connectivity index (χ3v) is 6.83. The van der Waals surface area contributed by atoms with Crippen molar-refractivity contribution in [2.24, 2.45) is 5.10 Å². The minimum absolute atomic E-state index is 0.198. The molecule has 0 spiro atoms. The lowest BCUT2D eigenvalue weighted by molar-refractivity contribution is 0.415. The first-order valence-electron chi connectivity index (χ1n) is 9.37. The van der Waals surface area contributed by atoms with Crippen LogP contribution < -0.4 is 4.74 Å². The molecule has 0 atom stereocenters. The first kappa shape index (κ1) is 21.9. The van der Waals surface area contributed by atoms with E-state index in [-0.39, 0.29) is 4.90 Å². The summed E-state index contributed by atoms with van der Waals surface area (Å²) in [7, 11) is -1.98. The summed E-state index contributed by atoms with van der Waals surface area (Å²) in [4.78, 5) is 0.198. The molecule has 0 amide bonds. The summed E-state index contributed by atoms with van der Waals surface area (Å²) in [5.41, 5.74) is 1.44. The van der Waals surface area contributed by atoms with E-state index in [1.807, 2.05) is 38.1 Å². The largest absolute Gasteiger partial charge is 0.497 e. The van der Waals surface area contributed by atoms with Gasteiger partial charge in [0.1, 0.15) is 5.75 Å². The van der Waals surface area contributed by atoms with Crippen LogP contribution in [0.25, 0.3) is 11.4 Å². The maximum atomic E-state index is 12.9. The van der Waals surface area contributed by atoms with Crippen molar-refractivity contribution in [1.29, 1.82) is 0 Å². The van der Waals surface area contributed by atoms with Crippen molar-refractivity contribution in [3.05, 3.63) is 58.9 Å². The molecule has 30 heavy (non-hydrogen) atoms. The molecule has 1 aromatic heterocycles. The van der Waals surface area contributed by atoms with Crippen molar-refractivity contribution >= 4 is 28.5 Å². The van der Waals surface area contributed by atoms with Crippen LogP contribution in [0, 0.1) is 4.77 Å². The van der Waals surface area contributed by atoms with Crippen LogP contribution in [0.3, 0.4) is 0 Å². The number of benzene rings is 2. The van der Waals surface area contributed by atoms with E-state index in [1.165, 1.54) is 8.98 Å². The second-order valence-corrected chi connectivity index (χ2v) is 8.62. The van der Waals surface area contributed by atoms with Crippen LogP contribution in [0.4, 0.5) is 0 Å². The van der Waals surface area contributed by atoms with Crippen molar-refractivity contribution < 1.29 is 13.2 Å².